The van der Waals surface area contributed by atoms with Gasteiger partial charge in [0, 0.05) is 18.8 Å². The predicted molar refractivity (Wildman–Crippen MR) is 76.4 cm³/mol. The number of anilines is 1. The van der Waals surface area contributed by atoms with Gasteiger partial charge in [-0.05, 0) is 24.0 Å². The number of benzene rings is 1. The molecule has 0 heterocycles. The van der Waals surface area contributed by atoms with E-state index in [4.69, 9.17) is 5.73 Å². The highest BCUT2D eigenvalue weighted by Crippen LogP contribution is 2.15. The van der Waals surface area contributed by atoms with Crippen LogP contribution in [0.2, 0.25) is 0 Å². The van der Waals surface area contributed by atoms with Gasteiger partial charge in [0.05, 0.1) is 5.56 Å². The largest absolute Gasteiger partial charge is 0.398 e. The fraction of sp³-hybridized carbons (Fsp3) is 0.533. The van der Waals surface area contributed by atoms with Crippen molar-refractivity contribution >= 4 is 11.6 Å². The summed E-state index contributed by atoms with van der Waals surface area (Å²) in [4.78, 5) is 14.4. The molecule has 0 aliphatic carbocycles. The molecule has 3 nitrogen and oxygen atoms in total. The summed E-state index contributed by atoms with van der Waals surface area (Å²) in [6.07, 6.45) is 0. The third-order valence-corrected chi connectivity index (χ3v) is 2.65. The predicted octanol–water partition coefficient (Wildman–Crippen LogP) is 3.02. The Morgan fingerprint density at radius 3 is 2.06 bits per heavy atom. The molecule has 0 aromatic heterocycles. The number of carbonyl (C=O) groups excluding carboxylic acids is 1. The first-order valence-electron chi connectivity index (χ1n) is 6.55. The van der Waals surface area contributed by atoms with Crippen LogP contribution in [0.3, 0.4) is 0 Å². The minimum Gasteiger partial charge on any atom is -0.398 e. The molecule has 18 heavy (non-hydrogen) atoms. The van der Waals surface area contributed by atoms with E-state index in [9.17, 15) is 4.79 Å². The van der Waals surface area contributed by atoms with E-state index in [1.54, 1.807) is 12.1 Å². The first kappa shape index (κ1) is 14.6. The molecule has 1 aromatic rings. The van der Waals surface area contributed by atoms with Gasteiger partial charge >= 0.3 is 0 Å². The molecule has 2 N–H and O–H groups in total. The number of nitrogens with two attached hydrogens (primary N) is 1. The van der Waals surface area contributed by atoms with Crippen LogP contribution < -0.4 is 5.73 Å². The molecule has 0 radical (unpaired) electrons. The highest BCUT2D eigenvalue weighted by molar-refractivity contribution is 5.99. The number of carbonyl (C=O) groups is 1. The topological polar surface area (TPSA) is 46.3 Å². The molecule has 0 saturated heterocycles. The van der Waals surface area contributed by atoms with Gasteiger partial charge in [-0.1, -0.05) is 39.8 Å². The third kappa shape index (κ3) is 4.06. The van der Waals surface area contributed by atoms with E-state index in [1.165, 1.54) is 0 Å². The number of hydrogen-bond donors (Lipinski definition) is 1. The van der Waals surface area contributed by atoms with Crippen molar-refractivity contribution in [3.8, 4) is 0 Å². The van der Waals surface area contributed by atoms with E-state index >= 15 is 0 Å². The molecule has 3 heteroatoms. The molecule has 0 atom stereocenters. The number of para-hydroxylation sites is 1. The van der Waals surface area contributed by atoms with Crippen LogP contribution in [0.5, 0.6) is 0 Å². The lowest BCUT2D eigenvalue weighted by molar-refractivity contribution is 0.0716. The lowest BCUT2D eigenvalue weighted by atomic mass is 10.1. The zero-order chi connectivity index (χ0) is 13.7. The van der Waals surface area contributed by atoms with Crippen molar-refractivity contribution in [1.29, 1.82) is 0 Å². The first-order valence-corrected chi connectivity index (χ1v) is 6.55. The maximum atomic E-state index is 12.5. The Hall–Kier alpha value is -1.51. The number of hydrogen-bond acceptors (Lipinski definition) is 2. The second kappa shape index (κ2) is 6.43. The van der Waals surface area contributed by atoms with Crippen LogP contribution in [0.1, 0.15) is 38.1 Å². The summed E-state index contributed by atoms with van der Waals surface area (Å²) < 4.78 is 0. The molecular formula is C15H24N2O. The van der Waals surface area contributed by atoms with Crippen molar-refractivity contribution < 1.29 is 4.79 Å². The van der Waals surface area contributed by atoms with Gasteiger partial charge in [0.1, 0.15) is 0 Å². The number of rotatable bonds is 5. The second-order valence-corrected chi connectivity index (χ2v) is 5.59. The van der Waals surface area contributed by atoms with Crippen molar-refractivity contribution in [3.05, 3.63) is 29.8 Å². The number of nitrogens with zero attached hydrogens (tertiary/aromatic N) is 1. The number of amides is 1. The van der Waals surface area contributed by atoms with E-state index in [-0.39, 0.29) is 5.91 Å². The fourth-order valence-electron chi connectivity index (χ4n) is 1.98. The summed E-state index contributed by atoms with van der Waals surface area (Å²) in [5, 5.41) is 0. The molecule has 1 rings (SSSR count). The smallest absolute Gasteiger partial charge is 0.255 e. The van der Waals surface area contributed by atoms with Gasteiger partial charge in [-0.25, -0.2) is 0 Å². The van der Waals surface area contributed by atoms with Gasteiger partial charge in [-0.3, -0.25) is 4.79 Å². The van der Waals surface area contributed by atoms with E-state index in [0.717, 1.165) is 13.1 Å². The summed E-state index contributed by atoms with van der Waals surface area (Å²) in [7, 11) is 0. The van der Waals surface area contributed by atoms with Gasteiger partial charge in [0.2, 0.25) is 0 Å². The summed E-state index contributed by atoms with van der Waals surface area (Å²) in [5.41, 5.74) is 7.04. The maximum absolute atomic E-state index is 12.5. The van der Waals surface area contributed by atoms with Crippen LogP contribution >= 0.6 is 0 Å². The Balaban J connectivity index is 2.91. The molecule has 0 aliphatic rings. The standard InChI is InChI=1S/C15H24N2O/c1-11(2)9-17(10-12(3)4)15(18)13-7-5-6-8-14(13)16/h5-8,11-12H,9-10,16H2,1-4H3. The van der Waals surface area contributed by atoms with E-state index in [0.29, 0.717) is 23.1 Å². The van der Waals surface area contributed by atoms with Gasteiger partial charge < -0.3 is 10.6 Å². The molecule has 0 fully saturated rings. The molecule has 0 bridgehead atoms. The molecule has 100 valence electrons. The Morgan fingerprint density at radius 2 is 1.61 bits per heavy atom. The average molecular weight is 248 g/mol. The third-order valence-electron chi connectivity index (χ3n) is 2.65. The van der Waals surface area contributed by atoms with Crippen molar-refractivity contribution in [3.63, 3.8) is 0 Å². The Kier molecular flexibility index (Phi) is 5.20. The Morgan fingerprint density at radius 1 is 1.11 bits per heavy atom. The van der Waals surface area contributed by atoms with Crippen LogP contribution in [0.25, 0.3) is 0 Å². The maximum Gasteiger partial charge on any atom is 0.255 e. The normalized spacial score (nSPS) is 11.0. The molecule has 1 amide bonds. The lowest BCUT2D eigenvalue weighted by Crippen LogP contribution is -2.37. The molecule has 0 unspecified atom stereocenters. The van der Waals surface area contributed by atoms with E-state index < -0.39 is 0 Å². The van der Waals surface area contributed by atoms with Crippen LogP contribution in [-0.2, 0) is 0 Å². The highest BCUT2D eigenvalue weighted by atomic mass is 16.2. The van der Waals surface area contributed by atoms with E-state index in [2.05, 4.69) is 27.7 Å². The fourth-order valence-corrected chi connectivity index (χ4v) is 1.98. The molecule has 0 spiro atoms. The minimum absolute atomic E-state index is 0.0375. The van der Waals surface area contributed by atoms with E-state index in [1.807, 2.05) is 17.0 Å². The molecular weight excluding hydrogens is 224 g/mol. The van der Waals surface area contributed by atoms with Crippen molar-refractivity contribution in [2.24, 2.45) is 11.8 Å². The molecule has 1 aromatic carbocycles. The van der Waals surface area contributed by atoms with Gasteiger partial charge in [-0.2, -0.15) is 0 Å². The first-order chi connectivity index (χ1) is 8.41. The summed E-state index contributed by atoms with van der Waals surface area (Å²) >= 11 is 0. The molecule has 0 aliphatic heterocycles. The summed E-state index contributed by atoms with van der Waals surface area (Å²) in [6.45, 7) is 10.0. The van der Waals surface area contributed by atoms with Crippen LogP contribution in [0.4, 0.5) is 5.69 Å². The quantitative estimate of drug-likeness (QED) is 0.814. The van der Waals surface area contributed by atoms with Crippen molar-refractivity contribution in [1.82, 2.24) is 4.90 Å². The summed E-state index contributed by atoms with van der Waals surface area (Å²) in [6, 6.07) is 7.27. The average Bonchev–Trinajstić information content (AvgIpc) is 2.26. The van der Waals surface area contributed by atoms with Crippen LogP contribution in [0, 0.1) is 11.8 Å². The number of nitrogen functional groups attached to an aromatic ring is 1. The van der Waals surface area contributed by atoms with Crippen LogP contribution in [0.15, 0.2) is 24.3 Å². The SMILES string of the molecule is CC(C)CN(CC(C)C)C(=O)c1ccccc1N. The highest BCUT2D eigenvalue weighted by Gasteiger charge is 2.19. The van der Waals surface area contributed by atoms with Gasteiger partial charge in [0.25, 0.3) is 5.91 Å². The van der Waals surface area contributed by atoms with Gasteiger partial charge in [-0.15, -0.1) is 0 Å². The Bertz CT molecular complexity index is 389. The van der Waals surface area contributed by atoms with Gasteiger partial charge in [0.15, 0.2) is 0 Å². The van der Waals surface area contributed by atoms with Crippen molar-refractivity contribution in [2.75, 3.05) is 18.8 Å². The van der Waals surface area contributed by atoms with Crippen LogP contribution in [-0.4, -0.2) is 23.9 Å². The lowest BCUT2D eigenvalue weighted by Gasteiger charge is -2.27. The second-order valence-electron chi connectivity index (χ2n) is 5.59. The molecule has 0 saturated carbocycles. The monoisotopic (exact) mass is 248 g/mol. The zero-order valence-electron chi connectivity index (χ0n) is 11.8. The summed E-state index contributed by atoms with van der Waals surface area (Å²) in [5.74, 6) is 0.950. The van der Waals surface area contributed by atoms with Crippen molar-refractivity contribution in [2.45, 2.75) is 27.7 Å². The zero-order valence-corrected chi connectivity index (χ0v) is 11.8. The Labute approximate surface area is 110 Å². The minimum atomic E-state index is 0.0375.